The van der Waals surface area contributed by atoms with Crippen LogP contribution in [0, 0.1) is 0 Å². The Labute approximate surface area is 99.9 Å². The number of carbonyl (C=O) groups is 1. The second kappa shape index (κ2) is 6.68. The molecule has 1 saturated heterocycles. The standard InChI is InChI=1S/C11H20FNO3/c1-3-4-7-16-11(14)13-6-5-10(15-2)9(12)8-13/h9-10H,3-8H2,1-2H3/t9-,10+/m1/s1/i2D3. The maximum Gasteiger partial charge on any atom is 0.409 e. The minimum absolute atomic E-state index is 0.155. The Balaban J connectivity index is 2.38. The molecule has 1 amide bonds. The van der Waals surface area contributed by atoms with E-state index in [1.54, 1.807) is 0 Å². The molecule has 0 aromatic carbocycles. The largest absolute Gasteiger partial charge is 0.449 e. The van der Waals surface area contributed by atoms with Crippen LogP contribution in [0.25, 0.3) is 0 Å². The van der Waals surface area contributed by atoms with Gasteiger partial charge in [-0.25, -0.2) is 9.18 Å². The Hall–Kier alpha value is -0.840. The van der Waals surface area contributed by atoms with Gasteiger partial charge in [-0.15, -0.1) is 0 Å². The van der Waals surface area contributed by atoms with E-state index in [0.29, 0.717) is 6.61 Å². The van der Waals surface area contributed by atoms with E-state index < -0.39 is 25.4 Å². The van der Waals surface area contributed by atoms with E-state index in [0.717, 1.165) is 12.8 Å². The van der Waals surface area contributed by atoms with Crippen molar-refractivity contribution >= 4 is 6.09 Å². The highest BCUT2D eigenvalue weighted by molar-refractivity contribution is 5.67. The number of amides is 1. The zero-order valence-corrected chi connectivity index (χ0v) is 9.45. The molecule has 2 atom stereocenters. The first-order valence-corrected chi connectivity index (χ1v) is 5.57. The number of hydrogen-bond acceptors (Lipinski definition) is 3. The number of halogens is 1. The number of likely N-dealkylation sites (tertiary alicyclic amines) is 1. The zero-order chi connectivity index (χ0) is 14.5. The average molecular weight is 236 g/mol. The number of ether oxygens (including phenoxy) is 2. The molecule has 1 aliphatic heterocycles. The van der Waals surface area contributed by atoms with E-state index in [9.17, 15) is 9.18 Å². The molecule has 0 bridgehead atoms. The maximum absolute atomic E-state index is 13.8. The van der Waals surface area contributed by atoms with Gasteiger partial charge >= 0.3 is 6.09 Å². The highest BCUT2D eigenvalue weighted by Crippen LogP contribution is 2.17. The van der Waals surface area contributed by atoms with Crippen LogP contribution in [0.5, 0.6) is 0 Å². The number of hydrogen-bond donors (Lipinski definition) is 0. The molecule has 0 N–H and O–H groups in total. The van der Waals surface area contributed by atoms with Gasteiger partial charge in [-0.1, -0.05) is 13.3 Å². The van der Waals surface area contributed by atoms with Crippen LogP contribution in [0.3, 0.4) is 0 Å². The molecule has 1 rings (SSSR count). The molecule has 1 aliphatic rings. The highest BCUT2D eigenvalue weighted by atomic mass is 19.1. The van der Waals surface area contributed by atoms with Crippen molar-refractivity contribution in [1.29, 1.82) is 0 Å². The van der Waals surface area contributed by atoms with Crippen molar-refractivity contribution in [2.24, 2.45) is 0 Å². The number of methoxy groups -OCH3 is 1. The Morgan fingerprint density at radius 3 is 3.12 bits per heavy atom. The first-order chi connectivity index (χ1) is 8.83. The first kappa shape index (κ1) is 9.22. The van der Waals surface area contributed by atoms with Gasteiger partial charge in [0.15, 0.2) is 0 Å². The van der Waals surface area contributed by atoms with Crippen molar-refractivity contribution in [2.45, 2.75) is 38.5 Å². The number of rotatable bonds is 4. The normalized spacial score (nSPS) is 29.1. The van der Waals surface area contributed by atoms with Gasteiger partial charge in [-0.05, 0) is 12.8 Å². The van der Waals surface area contributed by atoms with Crippen LogP contribution < -0.4 is 0 Å². The van der Waals surface area contributed by atoms with Gasteiger partial charge in [0.2, 0.25) is 0 Å². The molecule has 0 aromatic rings. The minimum atomic E-state index is -2.61. The molecule has 5 heteroatoms. The molecule has 94 valence electrons. The summed E-state index contributed by atoms with van der Waals surface area (Å²) < 4.78 is 44.2. The molecular formula is C11H20FNO3. The topological polar surface area (TPSA) is 38.8 Å². The number of alkyl halides is 1. The van der Waals surface area contributed by atoms with Crippen molar-refractivity contribution in [3.8, 4) is 0 Å². The first-order valence-electron chi connectivity index (χ1n) is 7.07. The minimum Gasteiger partial charge on any atom is -0.449 e. The monoisotopic (exact) mass is 236 g/mol. The fourth-order valence-corrected chi connectivity index (χ4v) is 1.58. The van der Waals surface area contributed by atoms with Crippen molar-refractivity contribution in [1.82, 2.24) is 4.90 Å². The van der Waals surface area contributed by atoms with Gasteiger partial charge < -0.3 is 14.4 Å². The summed E-state index contributed by atoms with van der Waals surface area (Å²) in [4.78, 5) is 12.8. The Morgan fingerprint density at radius 2 is 2.50 bits per heavy atom. The number of piperidine rings is 1. The predicted molar refractivity (Wildman–Crippen MR) is 58.1 cm³/mol. The highest BCUT2D eigenvalue weighted by Gasteiger charge is 2.32. The number of unbranched alkanes of at least 4 members (excludes halogenated alkanes) is 1. The van der Waals surface area contributed by atoms with Crippen LogP contribution in [0.15, 0.2) is 0 Å². The van der Waals surface area contributed by atoms with E-state index in [2.05, 4.69) is 4.74 Å². The third kappa shape index (κ3) is 3.63. The fourth-order valence-electron chi connectivity index (χ4n) is 1.58. The van der Waals surface area contributed by atoms with Crippen molar-refractivity contribution < 1.29 is 22.8 Å². The van der Waals surface area contributed by atoms with Gasteiger partial charge in [0.25, 0.3) is 0 Å². The van der Waals surface area contributed by atoms with E-state index in [-0.39, 0.29) is 19.5 Å². The smallest absolute Gasteiger partial charge is 0.409 e. The molecule has 1 heterocycles. The molecule has 0 unspecified atom stereocenters. The summed E-state index contributed by atoms with van der Waals surface area (Å²) in [6.07, 6.45) is -1.22. The summed E-state index contributed by atoms with van der Waals surface area (Å²) in [5.41, 5.74) is 0. The molecule has 0 aliphatic carbocycles. The predicted octanol–water partition coefficient (Wildman–Crippen LogP) is 1.98. The van der Waals surface area contributed by atoms with Crippen molar-refractivity contribution in [3.63, 3.8) is 0 Å². The molecule has 0 radical (unpaired) electrons. The lowest BCUT2D eigenvalue weighted by molar-refractivity contribution is -0.0215. The second-order valence-electron chi connectivity index (χ2n) is 3.87. The van der Waals surface area contributed by atoms with E-state index >= 15 is 0 Å². The van der Waals surface area contributed by atoms with Crippen LogP contribution in [0.4, 0.5) is 9.18 Å². The summed E-state index contributed by atoms with van der Waals surface area (Å²) in [5, 5.41) is 0. The lowest BCUT2D eigenvalue weighted by Crippen LogP contribution is -2.48. The quantitative estimate of drug-likeness (QED) is 0.701. The lowest BCUT2D eigenvalue weighted by atomic mass is 10.1. The number of carbonyl (C=O) groups excluding carboxylic acids is 1. The summed E-state index contributed by atoms with van der Waals surface area (Å²) in [6, 6.07) is 0. The Bertz CT molecular complexity index is 301. The zero-order valence-electron chi connectivity index (χ0n) is 12.4. The SMILES string of the molecule is [2H]C([2H])([2H])O[C@H]1CCN(C(=O)OCCCC)C[C@H]1F. The van der Waals surface area contributed by atoms with E-state index in [4.69, 9.17) is 8.85 Å². The summed E-state index contributed by atoms with van der Waals surface area (Å²) in [7, 11) is -2.61. The average Bonchev–Trinajstić information content (AvgIpc) is 2.30. The van der Waals surface area contributed by atoms with Crippen LogP contribution in [0.1, 0.15) is 30.3 Å². The summed E-state index contributed by atoms with van der Waals surface area (Å²) in [5.74, 6) is 0. The molecule has 16 heavy (non-hydrogen) atoms. The van der Waals surface area contributed by atoms with Crippen LogP contribution in [-0.4, -0.2) is 50.0 Å². The van der Waals surface area contributed by atoms with Crippen molar-refractivity contribution in [2.75, 3.05) is 26.7 Å². The van der Waals surface area contributed by atoms with Crippen LogP contribution in [-0.2, 0) is 9.47 Å². The van der Waals surface area contributed by atoms with E-state index in [1.807, 2.05) is 6.92 Å². The second-order valence-corrected chi connectivity index (χ2v) is 3.87. The molecule has 0 saturated carbocycles. The molecule has 1 fully saturated rings. The molecular weight excluding hydrogens is 213 g/mol. The van der Waals surface area contributed by atoms with Gasteiger partial charge in [-0.3, -0.25) is 0 Å². The third-order valence-corrected chi connectivity index (χ3v) is 2.61. The fraction of sp³-hybridized carbons (Fsp3) is 0.909. The molecule has 0 aromatic heterocycles. The van der Waals surface area contributed by atoms with Gasteiger partial charge in [0.1, 0.15) is 6.17 Å². The van der Waals surface area contributed by atoms with Gasteiger partial charge in [-0.2, -0.15) is 0 Å². The Morgan fingerprint density at radius 1 is 1.69 bits per heavy atom. The molecule has 0 spiro atoms. The molecule has 4 nitrogen and oxygen atoms in total. The van der Waals surface area contributed by atoms with Gasteiger partial charge in [0.05, 0.1) is 23.4 Å². The van der Waals surface area contributed by atoms with Crippen molar-refractivity contribution in [3.05, 3.63) is 0 Å². The summed E-state index contributed by atoms with van der Waals surface area (Å²) >= 11 is 0. The number of nitrogens with zero attached hydrogens (tertiary/aromatic N) is 1. The lowest BCUT2D eigenvalue weighted by Gasteiger charge is -2.33. The summed E-state index contributed by atoms with van der Waals surface area (Å²) in [6.45, 7) is 2.35. The van der Waals surface area contributed by atoms with Crippen LogP contribution >= 0.6 is 0 Å². The maximum atomic E-state index is 13.8. The third-order valence-electron chi connectivity index (χ3n) is 2.61. The Kier molecular flexibility index (Phi) is 3.85. The van der Waals surface area contributed by atoms with Gasteiger partial charge in [0, 0.05) is 13.6 Å². The van der Waals surface area contributed by atoms with E-state index in [1.165, 1.54) is 4.90 Å². The van der Waals surface area contributed by atoms with Crippen LogP contribution in [0.2, 0.25) is 0 Å².